The van der Waals surface area contributed by atoms with Crippen LogP contribution in [0.4, 0.5) is 0 Å². The summed E-state index contributed by atoms with van der Waals surface area (Å²) in [6.45, 7) is 4.12. The minimum Gasteiger partial charge on any atom is -0.495 e. The fourth-order valence-corrected chi connectivity index (χ4v) is 1.96. The van der Waals surface area contributed by atoms with E-state index in [1.807, 2.05) is 12.3 Å². The fraction of sp³-hybridized carbons (Fsp3) is 0.312. The summed E-state index contributed by atoms with van der Waals surface area (Å²) in [5.41, 5.74) is 3.53. The van der Waals surface area contributed by atoms with Gasteiger partial charge in [0.1, 0.15) is 5.75 Å². The van der Waals surface area contributed by atoms with Crippen molar-refractivity contribution in [2.24, 2.45) is 0 Å². The largest absolute Gasteiger partial charge is 0.495 e. The van der Waals surface area contributed by atoms with Crippen LogP contribution in [0.5, 0.6) is 5.75 Å². The monoisotopic (exact) mass is 256 g/mol. The van der Waals surface area contributed by atoms with E-state index in [0.717, 1.165) is 30.8 Å². The molecular weight excluding hydrogens is 236 g/mol. The second kappa shape index (κ2) is 6.90. The Hall–Kier alpha value is -1.87. The number of pyridine rings is 1. The van der Waals surface area contributed by atoms with Gasteiger partial charge in [0.15, 0.2) is 0 Å². The molecule has 19 heavy (non-hydrogen) atoms. The third-order valence-electron chi connectivity index (χ3n) is 2.97. The molecular formula is C16H20N2O. The zero-order valence-corrected chi connectivity index (χ0v) is 11.5. The first-order valence-electron chi connectivity index (χ1n) is 6.62. The number of rotatable bonds is 6. The zero-order chi connectivity index (χ0) is 13.5. The van der Waals surface area contributed by atoms with Crippen molar-refractivity contribution >= 4 is 0 Å². The van der Waals surface area contributed by atoms with Crippen LogP contribution in [0.15, 0.2) is 42.7 Å². The summed E-state index contributed by atoms with van der Waals surface area (Å²) in [6, 6.07) is 10.5. The van der Waals surface area contributed by atoms with E-state index >= 15 is 0 Å². The molecule has 0 radical (unpaired) electrons. The Kier molecular flexibility index (Phi) is 4.93. The molecule has 0 bridgehead atoms. The molecule has 1 aromatic heterocycles. The molecule has 0 fully saturated rings. The van der Waals surface area contributed by atoms with Crippen LogP contribution >= 0.6 is 0 Å². The molecule has 0 saturated carbocycles. The molecule has 3 heteroatoms. The van der Waals surface area contributed by atoms with Gasteiger partial charge < -0.3 is 10.1 Å². The van der Waals surface area contributed by atoms with Gasteiger partial charge in [0, 0.05) is 18.3 Å². The van der Waals surface area contributed by atoms with Gasteiger partial charge >= 0.3 is 0 Å². The first-order chi connectivity index (χ1) is 9.33. The Morgan fingerprint density at radius 1 is 1.16 bits per heavy atom. The summed E-state index contributed by atoms with van der Waals surface area (Å²) in [5.74, 6) is 0.784. The lowest BCUT2D eigenvalue weighted by molar-refractivity contribution is 0.413. The highest BCUT2D eigenvalue weighted by molar-refractivity contribution is 5.64. The number of ether oxygens (including phenoxy) is 1. The molecule has 1 heterocycles. The normalized spacial score (nSPS) is 10.4. The first kappa shape index (κ1) is 13.6. The SMILES string of the molecule is CCCNCc1cccc(-c2cncc(OC)c2)c1. The standard InChI is InChI=1S/C16H20N2O/c1-3-7-17-10-13-5-4-6-14(8-13)15-9-16(19-2)12-18-11-15/h4-6,8-9,11-12,17H,3,7,10H2,1-2H3. The highest BCUT2D eigenvalue weighted by Crippen LogP contribution is 2.23. The smallest absolute Gasteiger partial charge is 0.137 e. The van der Waals surface area contributed by atoms with Gasteiger partial charge in [-0.05, 0) is 36.2 Å². The third-order valence-corrected chi connectivity index (χ3v) is 2.97. The predicted octanol–water partition coefficient (Wildman–Crippen LogP) is 3.26. The minimum atomic E-state index is 0.784. The summed E-state index contributed by atoms with van der Waals surface area (Å²) in [5, 5.41) is 3.41. The number of hydrogen-bond donors (Lipinski definition) is 1. The molecule has 0 unspecified atom stereocenters. The van der Waals surface area contributed by atoms with Crippen molar-refractivity contribution in [2.75, 3.05) is 13.7 Å². The molecule has 0 atom stereocenters. The van der Waals surface area contributed by atoms with Crippen LogP contribution < -0.4 is 10.1 Å². The van der Waals surface area contributed by atoms with E-state index in [1.54, 1.807) is 13.3 Å². The topological polar surface area (TPSA) is 34.2 Å². The van der Waals surface area contributed by atoms with Gasteiger partial charge in [0.05, 0.1) is 13.3 Å². The minimum absolute atomic E-state index is 0.784. The number of nitrogens with one attached hydrogen (secondary N) is 1. The Morgan fingerprint density at radius 3 is 2.84 bits per heavy atom. The summed E-state index contributed by atoms with van der Waals surface area (Å²) in [6.07, 6.45) is 4.73. The average Bonchev–Trinajstić information content (AvgIpc) is 2.48. The molecule has 1 N–H and O–H groups in total. The van der Waals surface area contributed by atoms with Crippen LogP contribution in [-0.4, -0.2) is 18.6 Å². The Bertz CT molecular complexity index is 526. The van der Waals surface area contributed by atoms with E-state index in [-0.39, 0.29) is 0 Å². The number of hydrogen-bond acceptors (Lipinski definition) is 3. The van der Waals surface area contributed by atoms with Gasteiger partial charge in [-0.1, -0.05) is 25.1 Å². The number of methoxy groups -OCH3 is 1. The van der Waals surface area contributed by atoms with Gasteiger partial charge in [-0.15, -0.1) is 0 Å². The maximum atomic E-state index is 5.21. The average molecular weight is 256 g/mol. The van der Waals surface area contributed by atoms with Gasteiger partial charge in [0.2, 0.25) is 0 Å². The lowest BCUT2D eigenvalue weighted by Gasteiger charge is -2.07. The predicted molar refractivity (Wildman–Crippen MR) is 78.2 cm³/mol. The molecule has 0 aliphatic heterocycles. The second-order valence-electron chi connectivity index (χ2n) is 4.49. The number of benzene rings is 1. The van der Waals surface area contributed by atoms with Crippen molar-refractivity contribution in [3.05, 3.63) is 48.3 Å². The first-order valence-corrected chi connectivity index (χ1v) is 6.62. The lowest BCUT2D eigenvalue weighted by Crippen LogP contribution is -2.13. The van der Waals surface area contributed by atoms with Crippen LogP contribution in [0.1, 0.15) is 18.9 Å². The molecule has 100 valence electrons. The highest BCUT2D eigenvalue weighted by atomic mass is 16.5. The maximum absolute atomic E-state index is 5.21. The fourth-order valence-electron chi connectivity index (χ4n) is 1.96. The Balaban J connectivity index is 2.17. The van der Waals surface area contributed by atoms with Crippen molar-refractivity contribution in [3.8, 4) is 16.9 Å². The van der Waals surface area contributed by atoms with Crippen molar-refractivity contribution < 1.29 is 4.74 Å². The molecule has 3 nitrogen and oxygen atoms in total. The second-order valence-corrected chi connectivity index (χ2v) is 4.49. The highest BCUT2D eigenvalue weighted by Gasteiger charge is 2.01. The van der Waals surface area contributed by atoms with E-state index in [4.69, 9.17) is 4.74 Å². The van der Waals surface area contributed by atoms with Crippen LogP contribution in [0.2, 0.25) is 0 Å². The van der Waals surface area contributed by atoms with E-state index in [1.165, 1.54) is 11.1 Å². The number of nitrogens with zero attached hydrogens (tertiary/aromatic N) is 1. The molecule has 0 saturated heterocycles. The third kappa shape index (κ3) is 3.80. The zero-order valence-electron chi connectivity index (χ0n) is 11.5. The van der Waals surface area contributed by atoms with E-state index in [9.17, 15) is 0 Å². The summed E-state index contributed by atoms with van der Waals surface area (Å²) in [4.78, 5) is 4.20. The van der Waals surface area contributed by atoms with Crippen LogP contribution in [0, 0.1) is 0 Å². The molecule has 2 rings (SSSR count). The van der Waals surface area contributed by atoms with E-state index < -0.39 is 0 Å². The van der Waals surface area contributed by atoms with Crippen LogP contribution in [-0.2, 0) is 6.54 Å². The van der Waals surface area contributed by atoms with Crippen LogP contribution in [0.3, 0.4) is 0 Å². The van der Waals surface area contributed by atoms with Gasteiger partial charge in [-0.25, -0.2) is 0 Å². The Morgan fingerprint density at radius 2 is 2.05 bits per heavy atom. The molecule has 1 aromatic carbocycles. The molecule has 2 aromatic rings. The summed E-state index contributed by atoms with van der Waals surface area (Å²) >= 11 is 0. The van der Waals surface area contributed by atoms with Crippen molar-refractivity contribution in [1.29, 1.82) is 0 Å². The van der Waals surface area contributed by atoms with Crippen molar-refractivity contribution in [3.63, 3.8) is 0 Å². The van der Waals surface area contributed by atoms with E-state index in [0.29, 0.717) is 0 Å². The lowest BCUT2D eigenvalue weighted by atomic mass is 10.0. The van der Waals surface area contributed by atoms with Crippen molar-refractivity contribution in [1.82, 2.24) is 10.3 Å². The summed E-state index contributed by atoms with van der Waals surface area (Å²) < 4.78 is 5.21. The molecule has 0 aliphatic rings. The van der Waals surface area contributed by atoms with Gasteiger partial charge in [-0.3, -0.25) is 4.98 Å². The molecule has 0 amide bonds. The summed E-state index contributed by atoms with van der Waals surface area (Å²) in [7, 11) is 1.66. The molecule has 0 aliphatic carbocycles. The van der Waals surface area contributed by atoms with Crippen LogP contribution in [0.25, 0.3) is 11.1 Å². The van der Waals surface area contributed by atoms with Gasteiger partial charge in [-0.2, -0.15) is 0 Å². The van der Waals surface area contributed by atoms with Crippen molar-refractivity contribution in [2.45, 2.75) is 19.9 Å². The number of aromatic nitrogens is 1. The van der Waals surface area contributed by atoms with Gasteiger partial charge in [0.25, 0.3) is 0 Å². The maximum Gasteiger partial charge on any atom is 0.137 e. The molecule has 0 spiro atoms. The Labute approximate surface area is 114 Å². The van der Waals surface area contributed by atoms with E-state index in [2.05, 4.69) is 41.5 Å². The quantitative estimate of drug-likeness (QED) is 0.806.